The summed E-state index contributed by atoms with van der Waals surface area (Å²) >= 11 is 0. The van der Waals surface area contributed by atoms with Crippen LogP contribution in [0.5, 0.6) is 0 Å². The molecular formula is C25H25FN2O5. The summed E-state index contributed by atoms with van der Waals surface area (Å²) in [6, 6.07) is 10.4. The van der Waals surface area contributed by atoms with Gasteiger partial charge in [-0.2, -0.15) is 0 Å². The molecule has 1 aliphatic carbocycles. The van der Waals surface area contributed by atoms with Gasteiger partial charge in [-0.3, -0.25) is 14.4 Å². The zero-order chi connectivity index (χ0) is 23.5. The highest BCUT2D eigenvalue weighted by molar-refractivity contribution is 6.23. The van der Waals surface area contributed by atoms with E-state index in [4.69, 9.17) is 4.74 Å². The van der Waals surface area contributed by atoms with E-state index in [2.05, 4.69) is 0 Å². The van der Waals surface area contributed by atoms with Crippen molar-refractivity contribution in [2.75, 3.05) is 11.5 Å². The van der Waals surface area contributed by atoms with Crippen LogP contribution in [-0.4, -0.2) is 47.3 Å². The molecule has 0 bridgehead atoms. The van der Waals surface area contributed by atoms with Crippen molar-refractivity contribution in [3.8, 4) is 0 Å². The number of anilines is 1. The third kappa shape index (κ3) is 4.37. The van der Waals surface area contributed by atoms with E-state index in [0.717, 1.165) is 17.7 Å². The monoisotopic (exact) mass is 452 g/mol. The fourth-order valence-electron chi connectivity index (χ4n) is 4.58. The molecule has 1 heterocycles. The van der Waals surface area contributed by atoms with Gasteiger partial charge in [0.25, 0.3) is 11.8 Å². The predicted molar refractivity (Wildman–Crippen MR) is 118 cm³/mol. The lowest BCUT2D eigenvalue weighted by atomic mass is 10.1. The number of benzene rings is 2. The highest BCUT2D eigenvalue weighted by Gasteiger charge is 2.47. The van der Waals surface area contributed by atoms with Gasteiger partial charge in [0.15, 0.2) is 0 Å². The Bertz CT molecular complexity index is 1080. The smallest absolute Gasteiger partial charge is 0.338 e. The molecule has 33 heavy (non-hydrogen) atoms. The number of carbonyl (C=O) groups excluding carboxylic acids is 4. The minimum atomic E-state index is -1.00. The molecule has 2 aliphatic rings. The van der Waals surface area contributed by atoms with E-state index in [1.165, 1.54) is 47.4 Å². The molecule has 1 saturated heterocycles. The summed E-state index contributed by atoms with van der Waals surface area (Å²) < 4.78 is 19.4. The molecule has 3 amide bonds. The molecule has 4 rings (SSSR count). The zero-order valence-electron chi connectivity index (χ0n) is 18.3. The highest BCUT2D eigenvalue weighted by atomic mass is 19.1. The topological polar surface area (TPSA) is 84.0 Å². The zero-order valence-corrected chi connectivity index (χ0v) is 18.3. The summed E-state index contributed by atoms with van der Waals surface area (Å²) in [5.74, 6) is -2.71. The molecule has 0 spiro atoms. The van der Waals surface area contributed by atoms with Crippen molar-refractivity contribution in [3.63, 3.8) is 0 Å². The normalized spacial score (nSPS) is 18.6. The molecule has 1 saturated carbocycles. The third-order valence-corrected chi connectivity index (χ3v) is 6.15. The molecule has 2 fully saturated rings. The molecule has 7 nitrogen and oxygen atoms in total. The van der Waals surface area contributed by atoms with Gasteiger partial charge in [-0.15, -0.1) is 0 Å². The Kier molecular flexibility index (Phi) is 6.53. The number of halogens is 1. The molecule has 1 atom stereocenters. The van der Waals surface area contributed by atoms with Gasteiger partial charge in [-0.05, 0) is 56.2 Å². The molecule has 1 aliphatic heterocycles. The van der Waals surface area contributed by atoms with Crippen LogP contribution in [0.4, 0.5) is 10.1 Å². The predicted octanol–water partition coefficient (Wildman–Crippen LogP) is 3.72. The van der Waals surface area contributed by atoms with Crippen molar-refractivity contribution in [2.45, 2.75) is 51.1 Å². The van der Waals surface area contributed by atoms with Crippen LogP contribution < -0.4 is 4.90 Å². The molecular weight excluding hydrogens is 427 g/mol. The fourth-order valence-corrected chi connectivity index (χ4v) is 4.58. The summed E-state index contributed by atoms with van der Waals surface area (Å²) in [6.45, 7) is 1.94. The molecule has 2 aromatic carbocycles. The summed E-state index contributed by atoms with van der Waals surface area (Å²) in [5.41, 5.74) is 0.505. The first-order valence-corrected chi connectivity index (χ1v) is 11.1. The molecule has 172 valence electrons. The van der Waals surface area contributed by atoms with Gasteiger partial charge in [0.1, 0.15) is 11.9 Å². The van der Waals surface area contributed by atoms with Crippen molar-refractivity contribution in [1.29, 1.82) is 0 Å². The van der Waals surface area contributed by atoms with Gasteiger partial charge >= 0.3 is 5.97 Å². The first-order valence-electron chi connectivity index (χ1n) is 11.1. The second kappa shape index (κ2) is 9.52. The van der Waals surface area contributed by atoms with Gasteiger partial charge in [-0.1, -0.05) is 25.0 Å². The molecule has 8 heteroatoms. The van der Waals surface area contributed by atoms with E-state index in [-0.39, 0.29) is 24.6 Å². The Balaban J connectivity index is 1.62. The van der Waals surface area contributed by atoms with Gasteiger partial charge in [0, 0.05) is 6.04 Å². The maximum Gasteiger partial charge on any atom is 0.338 e. The van der Waals surface area contributed by atoms with E-state index < -0.39 is 35.5 Å². The van der Waals surface area contributed by atoms with Crippen molar-refractivity contribution in [3.05, 3.63) is 65.5 Å². The average molecular weight is 452 g/mol. The SMILES string of the molecule is CCOC(=O)c1ccc(N2C(=O)CC(N(C(=O)c3ccccc3F)C3CCCC3)C2=O)cc1. The van der Waals surface area contributed by atoms with E-state index in [1.54, 1.807) is 13.0 Å². The maximum absolute atomic E-state index is 14.4. The van der Waals surface area contributed by atoms with Crippen LogP contribution in [0.25, 0.3) is 0 Å². The molecule has 2 aromatic rings. The Morgan fingerprint density at radius 2 is 1.73 bits per heavy atom. The molecule has 0 N–H and O–H groups in total. The van der Waals surface area contributed by atoms with Gasteiger partial charge in [0.05, 0.1) is 29.8 Å². The number of hydrogen-bond donors (Lipinski definition) is 0. The lowest BCUT2D eigenvalue weighted by Gasteiger charge is -2.33. The number of nitrogens with zero attached hydrogens (tertiary/aromatic N) is 2. The van der Waals surface area contributed by atoms with Crippen molar-refractivity contribution in [2.24, 2.45) is 0 Å². The summed E-state index contributed by atoms with van der Waals surface area (Å²) in [6.07, 6.45) is 3.03. The quantitative estimate of drug-likeness (QED) is 0.493. The Hall–Kier alpha value is -3.55. The Morgan fingerprint density at radius 3 is 2.36 bits per heavy atom. The Morgan fingerprint density at radius 1 is 1.06 bits per heavy atom. The van der Waals surface area contributed by atoms with Crippen molar-refractivity contribution >= 4 is 29.4 Å². The van der Waals surface area contributed by atoms with Crippen LogP contribution in [0.15, 0.2) is 48.5 Å². The maximum atomic E-state index is 14.4. The van der Waals surface area contributed by atoms with Crippen LogP contribution in [0, 0.1) is 5.82 Å². The van der Waals surface area contributed by atoms with Crippen molar-refractivity contribution in [1.82, 2.24) is 4.90 Å². The third-order valence-electron chi connectivity index (χ3n) is 6.15. The largest absolute Gasteiger partial charge is 0.462 e. The number of carbonyl (C=O) groups is 4. The minimum absolute atomic E-state index is 0.109. The summed E-state index contributed by atoms with van der Waals surface area (Å²) in [4.78, 5) is 54.0. The lowest BCUT2D eigenvalue weighted by molar-refractivity contribution is -0.123. The van der Waals surface area contributed by atoms with Crippen LogP contribution >= 0.6 is 0 Å². The number of ether oxygens (including phenoxy) is 1. The van der Waals surface area contributed by atoms with Gasteiger partial charge < -0.3 is 9.64 Å². The number of hydrogen-bond acceptors (Lipinski definition) is 5. The first kappa shape index (κ1) is 22.6. The van der Waals surface area contributed by atoms with Crippen LogP contribution in [0.3, 0.4) is 0 Å². The average Bonchev–Trinajstić information content (AvgIpc) is 3.43. The molecule has 0 aromatic heterocycles. The number of amides is 3. The number of esters is 1. The second-order valence-corrected chi connectivity index (χ2v) is 8.19. The van der Waals surface area contributed by atoms with E-state index in [1.807, 2.05) is 0 Å². The standard InChI is InChI=1S/C25H25FN2O5/c1-2-33-25(32)16-11-13-18(14-12-16)28-22(29)15-21(24(28)31)27(17-7-3-4-8-17)23(30)19-9-5-6-10-20(19)26/h5-6,9-14,17,21H,2-4,7-8,15H2,1H3. The van der Waals surface area contributed by atoms with Crippen LogP contribution in [0.1, 0.15) is 59.7 Å². The van der Waals surface area contributed by atoms with Crippen LogP contribution in [-0.2, 0) is 14.3 Å². The van der Waals surface area contributed by atoms with Gasteiger partial charge in [0.2, 0.25) is 5.91 Å². The van der Waals surface area contributed by atoms with E-state index >= 15 is 0 Å². The highest BCUT2D eigenvalue weighted by Crippen LogP contribution is 2.33. The number of imide groups is 1. The first-order chi connectivity index (χ1) is 15.9. The second-order valence-electron chi connectivity index (χ2n) is 8.19. The van der Waals surface area contributed by atoms with Gasteiger partial charge in [-0.25, -0.2) is 14.1 Å². The minimum Gasteiger partial charge on any atom is -0.462 e. The Labute approximate surface area is 191 Å². The summed E-state index contributed by atoms with van der Waals surface area (Å²) in [7, 11) is 0. The van der Waals surface area contributed by atoms with E-state index in [0.29, 0.717) is 24.1 Å². The lowest BCUT2D eigenvalue weighted by Crippen LogP contribution is -2.50. The van der Waals surface area contributed by atoms with E-state index in [9.17, 15) is 23.6 Å². The summed E-state index contributed by atoms with van der Waals surface area (Å²) in [5, 5.41) is 0. The molecule has 1 unspecified atom stereocenters. The molecule has 0 radical (unpaired) electrons. The fraction of sp³-hybridized carbons (Fsp3) is 0.360. The number of rotatable bonds is 6. The van der Waals surface area contributed by atoms with Crippen molar-refractivity contribution < 1.29 is 28.3 Å². The van der Waals surface area contributed by atoms with Crippen LogP contribution in [0.2, 0.25) is 0 Å².